The molecule has 0 saturated carbocycles. The molecule has 1 aliphatic rings. The van der Waals surface area contributed by atoms with E-state index in [1.54, 1.807) is 0 Å². The zero-order valence-electron chi connectivity index (χ0n) is 16.2. The van der Waals surface area contributed by atoms with Gasteiger partial charge in [-0.3, -0.25) is 0 Å². The van der Waals surface area contributed by atoms with Crippen molar-refractivity contribution in [2.45, 2.75) is 129 Å². The number of cyclic esters (lactones) is 2. The first kappa shape index (κ1) is 21.3. The molecule has 0 aromatic carbocycles. The number of ether oxygens (including phenoxy) is 2. The Morgan fingerprint density at radius 2 is 0.917 bits per heavy atom. The van der Waals surface area contributed by atoms with E-state index in [2.05, 4.69) is 13.8 Å². The number of carbonyl (C=O) groups excluding carboxylic acids is 1. The van der Waals surface area contributed by atoms with Crippen LogP contribution >= 0.6 is 0 Å². The zero-order valence-corrected chi connectivity index (χ0v) is 16.2. The first-order chi connectivity index (χ1) is 11.8. The molecule has 1 saturated heterocycles. The fourth-order valence-electron chi connectivity index (χ4n) is 3.52. The molecule has 142 valence electrons. The molecule has 3 nitrogen and oxygen atoms in total. The molecular weight excluding hydrogens is 300 g/mol. The summed E-state index contributed by atoms with van der Waals surface area (Å²) in [5, 5.41) is 0. The van der Waals surface area contributed by atoms with Crippen molar-refractivity contribution >= 4 is 6.16 Å². The maximum absolute atomic E-state index is 11.4. The summed E-state index contributed by atoms with van der Waals surface area (Å²) in [7, 11) is 0. The monoisotopic (exact) mass is 340 g/mol. The highest BCUT2D eigenvalue weighted by Crippen LogP contribution is 2.25. The van der Waals surface area contributed by atoms with E-state index in [1.165, 1.54) is 77.0 Å². The molecular formula is C21H40O3. The van der Waals surface area contributed by atoms with E-state index in [1.807, 2.05) is 0 Å². The number of hydrogen-bond acceptors (Lipinski definition) is 3. The number of unbranched alkanes of at least 4 members (excludes halogenated alkanes) is 12. The van der Waals surface area contributed by atoms with Gasteiger partial charge in [0.15, 0.2) is 0 Å². The second-order valence-electron chi connectivity index (χ2n) is 7.38. The molecule has 2 unspecified atom stereocenters. The normalized spacial score (nSPS) is 20.2. The van der Waals surface area contributed by atoms with Gasteiger partial charge in [0.2, 0.25) is 0 Å². The molecule has 24 heavy (non-hydrogen) atoms. The second-order valence-corrected chi connectivity index (χ2v) is 7.38. The highest BCUT2D eigenvalue weighted by molar-refractivity contribution is 5.62. The predicted octanol–water partition coefficient (Wildman–Crippen LogP) is 7.17. The van der Waals surface area contributed by atoms with E-state index in [0.29, 0.717) is 0 Å². The average molecular weight is 341 g/mol. The zero-order chi connectivity index (χ0) is 17.5. The van der Waals surface area contributed by atoms with Crippen LogP contribution in [0.4, 0.5) is 4.79 Å². The molecule has 0 aliphatic carbocycles. The molecule has 0 aromatic rings. The molecule has 1 fully saturated rings. The van der Waals surface area contributed by atoms with Gasteiger partial charge in [0.25, 0.3) is 0 Å². The third-order valence-corrected chi connectivity index (χ3v) is 5.09. The Kier molecular flexibility index (Phi) is 13.0. The highest BCUT2D eigenvalue weighted by Gasteiger charge is 2.35. The molecule has 0 spiro atoms. The van der Waals surface area contributed by atoms with Crippen molar-refractivity contribution in [2.24, 2.45) is 0 Å². The fraction of sp³-hybridized carbons (Fsp3) is 0.952. The van der Waals surface area contributed by atoms with Crippen molar-refractivity contribution < 1.29 is 14.3 Å². The predicted molar refractivity (Wildman–Crippen MR) is 100 cm³/mol. The number of hydrogen-bond donors (Lipinski definition) is 0. The van der Waals surface area contributed by atoms with Gasteiger partial charge in [0.1, 0.15) is 12.2 Å². The topological polar surface area (TPSA) is 35.5 Å². The molecule has 0 aromatic heterocycles. The summed E-state index contributed by atoms with van der Waals surface area (Å²) in [6, 6.07) is 0. The van der Waals surface area contributed by atoms with E-state index >= 15 is 0 Å². The Labute approximate surface area is 149 Å². The quantitative estimate of drug-likeness (QED) is 0.221. The van der Waals surface area contributed by atoms with Gasteiger partial charge in [0, 0.05) is 0 Å². The third kappa shape index (κ3) is 10.2. The summed E-state index contributed by atoms with van der Waals surface area (Å²) in [5.41, 5.74) is 0. The average Bonchev–Trinajstić information content (AvgIpc) is 2.93. The van der Waals surface area contributed by atoms with Gasteiger partial charge in [-0.15, -0.1) is 0 Å². The first-order valence-electron chi connectivity index (χ1n) is 10.6. The summed E-state index contributed by atoms with van der Waals surface area (Å²) in [6.45, 7) is 4.50. The van der Waals surface area contributed by atoms with Crippen molar-refractivity contribution in [3.05, 3.63) is 0 Å². The SMILES string of the molecule is CCCCCCCCCC1OC(=O)OC1CCCCCCCCC. The van der Waals surface area contributed by atoms with Gasteiger partial charge in [-0.05, 0) is 25.7 Å². The van der Waals surface area contributed by atoms with E-state index < -0.39 is 6.16 Å². The van der Waals surface area contributed by atoms with E-state index in [9.17, 15) is 4.79 Å². The van der Waals surface area contributed by atoms with Gasteiger partial charge < -0.3 is 9.47 Å². The molecule has 0 bridgehead atoms. The highest BCUT2D eigenvalue weighted by atomic mass is 16.8. The summed E-state index contributed by atoms with van der Waals surface area (Å²) >= 11 is 0. The van der Waals surface area contributed by atoms with Crippen LogP contribution in [0.25, 0.3) is 0 Å². The van der Waals surface area contributed by atoms with Gasteiger partial charge in [-0.2, -0.15) is 0 Å². The summed E-state index contributed by atoms with van der Waals surface area (Å²) in [5.74, 6) is 0. The first-order valence-corrected chi connectivity index (χ1v) is 10.6. The minimum atomic E-state index is -0.448. The minimum Gasteiger partial charge on any atom is -0.427 e. The smallest absolute Gasteiger partial charge is 0.427 e. The maximum Gasteiger partial charge on any atom is 0.509 e. The number of rotatable bonds is 16. The Morgan fingerprint density at radius 3 is 1.29 bits per heavy atom. The van der Waals surface area contributed by atoms with E-state index in [-0.39, 0.29) is 12.2 Å². The van der Waals surface area contributed by atoms with E-state index in [4.69, 9.17) is 9.47 Å². The van der Waals surface area contributed by atoms with Crippen molar-refractivity contribution in [1.82, 2.24) is 0 Å². The largest absolute Gasteiger partial charge is 0.509 e. The summed E-state index contributed by atoms with van der Waals surface area (Å²) < 4.78 is 10.7. The standard InChI is InChI=1S/C21H40O3/c1-3-5-7-9-11-13-15-17-19-20(24-21(22)23-19)18-16-14-12-10-8-6-4-2/h19-20H,3-18H2,1-2H3. The molecule has 0 amide bonds. The van der Waals surface area contributed by atoms with E-state index in [0.717, 1.165) is 25.7 Å². The van der Waals surface area contributed by atoms with Crippen molar-refractivity contribution in [3.8, 4) is 0 Å². The maximum atomic E-state index is 11.4. The Bertz CT molecular complexity index is 275. The second kappa shape index (κ2) is 14.6. The Hall–Kier alpha value is -0.730. The molecule has 3 heteroatoms. The lowest BCUT2D eigenvalue weighted by molar-refractivity contribution is 0.114. The lowest BCUT2D eigenvalue weighted by Crippen LogP contribution is -2.22. The van der Waals surface area contributed by atoms with Crippen LogP contribution in [0, 0.1) is 0 Å². The molecule has 1 heterocycles. The molecule has 0 N–H and O–H groups in total. The van der Waals surface area contributed by atoms with Gasteiger partial charge in [0.05, 0.1) is 0 Å². The Morgan fingerprint density at radius 1 is 0.583 bits per heavy atom. The molecule has 0 radical (unpaired) electrons. The summed E-state index contributed by atoms with van der Waals surface area (Å²) in [4.78, 5) is 11.4. The lowest BCUT2D eigenvalue weighted by atomic mass is 9.99. The fourth-order valence-corrected chi connectivity index (χ4v) is 3.52. The lowest BCUT2D eigenvalue weighted by Gasteiger charge is -2.15. The van der Waals surface area contributed by atoms with Crippen LogP contribution in [0.1, 0.15) is 117 Å². The van der Waals surface area contributed by atoms with Crippen molar-refractivity contribution in [1.29, 1.82) is 0 Å². The molecule has 2 atom stereocenters. The van der Waals surface area contributed by atoms with Crippen LogP contribution < -0.4 is 0 Å². The minimum absolute atomic E-state index is 0.00762. The van der Waals surface area contributed by atoms with Gasteiger partial charge in [-0.1, -0.05) is 90.9 Å². The van der Waals surface area contributed by atoms with Crippen molar-refractivity contribution in [3.63, 3.8) is 0 Å². The van der Waals surface area contributed by atoms with Crippen molar-refractivity contribution in [2.75, 3.05) is 0 Å². The van der Waals surface area contributed by atoms with Crippen LogP contribution in [-0.4, -0.2) is 18.4 Å². The molecule has 1 aliphatic heterocycles. The Balaban J connectivity index is 2.04. The summed E-state index contributed by atoms with van der Waals surface area (Å²) in [6.07, 6.45) is 19.7. The van der Waals surface area contributed by atoms with Crippen LogP contribution in [0.15, 0.2) is 0 Å². The molecule has 1 rings (SSSR count). The van der Waals surface area contributed by atoms with Crippen LogP contribution in [0.3, 0.4) is 0 Å². The van der Waals surface area contributed by atoms with Gasteiger partial charge >= 0.3 is 6.16 Å². The van der Waals surface area contributed by atoms with Crippen LogP contribution in [0.5, 0.6) is 0 Å². The van der Waals surface area contributed by atoms with Crippen LogP contribution in [0.2, 0.25) is 0 Å². The van der Waals surface area contributed by atoms with Crippen LogP contribution in [-0.2, 0) is 9.47 Å². The third-order valence-electron chi connectivity index (χ3n) is 5.09. The van der Waals surface area contributed by atoms with Gasteiger partial charge in [-0.25, -0.2) is 4.79 Å². The number of carbonyl (C=O) groups is 1.